The number of benzene rings is 2. The Hall–Kier alpha value is -2.38. The van der Waals surface area contributed by atoms with Gasteiger partial charge in [-0.2, -0.15) is 4.68 Å². The van der Waals surface area contributed by atoms with Crippen molar-refractivity contribution in [1.82, 2.24) is 25.5 Å². The Morgan fingerprint density at radius 2 is 2.04 bits per heavy atom. The molecular weight excluding hydrogens is 346 g/mol. The topological polar surface area (TPSA) is 72.7 Å². The van der Waals surface area contributed by atoms with E-state index in [0.29, 0.717) is 22.8 Å². The number of amides is 1. The van der Waals surface area contributed by atoms with Crippen LogP contribution in [-0.2, 0) is 0 Å². The lowest BCUT2D eigenvalue weighted by atomic mass is 10.1. The number of carbonyl (C=O) groups is 1. The fraction of sp³-hybridized carbons (Fsp3) is 0.125. The van der Waals surface area contributed by atoms with Crippen molar-refractivity contribution in [3.8, 4) is 5.69 Å². The van der Waals surface area contributed by atoms with Crippen LogP contribution in [0.4, 0.5) is 0 Å². The lowest BCUT2D eigenvalue weighted by Gasteiger charge is -2.10. The fourth-order valence-electron chi connectivity index (χ4n) is 2.11. The van der Waals surface area contributed by atoms with E-state index < -0.39 is 0 Å². The highest BCUT2D eigenvalue weighted by molar-refractivity contribution is 7.99. The number of nitrogens with zero attached hydrogens (tertiary/aromatic N) is 4. The van der Waals surface area contributed by atoms with Gasteiger partial charge in [-0.15, -0.1) is 16.9 Å². The molecule has 0 bridgehead atoms. The SMILES string of the molecule is O=C(NCCSc1ccccc1)c1cc(Cl)ccc1-n1cnnn1. The molecule has 0 aliphatic carbocycles. The zero-order valence-corrected chi connectivity index (χ0v) is 14.2. The molecule has 0 aliphatic heterocycles. The number of nitrogens with one attached hydrogen (secondary N) is 1. The van der Waals surface area contributed by atoms with Crippen LogP contribution in [0.2, 0.25) is 5.02 Å². The highest BCUT2D eigenvalue weighted by Gasteiger charge is 2.14. The maximum Gasteiger partial charge on any atom is 0.253 e. The predicted molar refractivity (Wildman–Crippen MR) is 93.7 cm³/mol. The van der Waals surface area contributed by atoms with E-state index in [0.717, 1.165) is 5.75 Å². The Morgan fingerprint density at radius 1 is 1.21 bits per heavy atom. The molecule has 3 rings (SSSR count). The van der Waals surface area contributed by atoms with E-state index in [-0.39, 0.29) is 5.91 Å². The van der Waals surface area contributed by atoms with Gasteiger partial charge in [-0.3, -0.25) is 4.79 Å². The fourth-order valence-corrected chi connectivity index (χ4v) is 3.07. The summed E-state index contributed by atoms with van der Waals surface area (Å²) in [7, 11) is 0. The minimum atomic E-state index is -0.211. The Bertz CT molecular complexity index is 811. The first-order valence-electron chi connectivity index (χ1n) is 7.23. The summed E-state index contributed by atoms with van der Waals surface area (Å²) in [6.07, 6.45) is 1.44. The van der Waals surface area contributed by atoms with Gasteiger partial charge in [0.1, 0.15) is 6.33 Å². The summed E-state index contributed by atoms with van der Waals surface area (Å²) < 4.78 is 1.43. The van der Waals surface area contributed by atoms with Crippen LogP contribution in [-0.4, -0.2) is 38.4 Å². The molecule has 2 aromatic carbocycles. The van der Waals surface area contributed by atoms with Gasteiger partial charge in [-0.25, -0.2) is 0 Å². The molecule has 8 heteroatoms. The first-order chi connectivity index (χ1) is 11.7. The van der Waals surface area contributed by atoms with Crippen molar-refractivity contribution in [1.29, 1.82) is 0 Å². The van der Waals surface area contributed by atoms with Gasteiger partial charge in [0.2, 0.25) is 0 Å². The molecule has 0 spiro atoms. The number of hydrogen-bond acceptors (Lipinski definition) is 5. The van der Waals surface area contributed by atoms with Crippen molar-refractivity contribution in [2.24, 2.45) is 0 Å². The zero-order valence-electron chi connectivity index (χ0n) is 12.6. The van der Waals surface area contributed by atoms with Crippen LogP contribution in [0, 0.1) is 0 Å². The molecule has 1 aromatic heterocycles. The van der Waals surface area contributed by atoms with Crippen molar-refractivity contribution >= 4 is 29.3 Å². The van der Waals surface area contributed by atoms with Gasteiger partial charge < -0.3 is 5.32 Å². The maximum absolute atomic E-state index is 12.5. The Balaban J connectivity index is 1.63. The summed E-state index contributed by atoms with van der Waals surface area (Å²) in [5.74, 6) is 0.563. The van der Waals surface area contributed by atoms with E-state index >= 15 is 0 Å². The average Bonchev–Trinajstić information content (AvgIpc) is 3.14. The second-order valence-corrected chi connectivity index (χ2v) is 6.44. The van der Waals surface area contributed by atoms with Gasteiger partial charge in [0.15, 0.2) is 0 Å². The summed E-state index contributed by atoms with van der Waals surface area (Å²) in [6, 6.07) is 15.1. The molecule has 1 heterocycles. The van der Waals surface area contributed by atoms with Crippen molar-refractivity contribution in [2.75, 3.05) is 12.3 Å². The number of halogens is 1. The first kappa shape index (κ1) is 16.5. The van der Waals surface area contributed by atoms with Gasteiger partial charge in [-0.1, -0.05) is 29.8 Å². The van der Waals surface area contributed by atoms with Crippen LogP contribution in [0.3, 0.4) is 0 Å². The molecule has 0 fully saturated rings. The highest BCUT2D eigenvalue weighted by atomic mass is 35.5. The number of carbonyl (C=O) groups excluding carboxylic acids is 1. The van der Waals surface area contributed by atoms with Gasteiger partial charge in [-0.05, 0) is 40.8 Å². The smallest absolute Gasteiger partial charge is 0.253 e. The number of aromatic nitrogens is 4. The molecule has 24 heavy (non-hydrogen) atoms. The number of hydrogen-bond donors (Lipinski definition) is 1. The van der Waals surface area contributed by atoms with Crippen LogP contribution < -0.4 is 5.32 Å². The summed E-state index contributed by atoms with van der Waals surface area (Å²) >= 11 is 7.70. The lowest BCUT2D eigenvalue weighted by molar-refractivity contribution is 0.0956. The molecule has 0 saturated carbocycles. The second-order valence-electron chi connectivity index (χ2n) is 4.83. The Kier molecular flexibility index (Phi) is 5.45. The molecule has 1 amide bonds. The first-order valence-corrected chi connectivity index (χ1v) is 8.59. The normalized spacial score (nSPS) is 10.5. The van der Waals surface area contributed by atoms with E-state index in [1.165, 1.54) is 15.9 Å². The van der Waals surface area contributed by atoms with E-state index in [1.807, 2.05) is 30.3 Å². The summed E-state index contributed by atoms with van der Waals surface area (Å²) in [6.45, 7) is 0.542. The summed E-state index contributed by atoms with van der Waals surface area (Å²) in [4.78, 5) is 13.6. The minimum Gasteiger partial charge on any atom is -0.351 e. The van der Waals surface area contributed by atoms with E-state index in [4.69, 9.17) is 11.6 Å². The number of rotatable bonds is 6. The van der Waals surface area contributed by atoms with Crippen molar-refractivity contribution in [3.05, 3.63) is 65.4 Å². The molecule has 3 aromatic rings. The molecular formula is C16H14ClN5OS. The van der Waals surface area contributed by atoms with Gasteiger partial charge in [0, 0.05) is 22.2 Å². The van der Waals surface area contributed by atoms with Crippen LogP contribution in [0.15, 0.2) is 59.8 Å². The molecule has 0 saturated heterocycles. The number of thioether (sulfide) groups is 1. The zero-order chi connectivity index (χ0) is 16.8. The van der Waals surface area contributed by atoms with Gasteiger partial charge >= 0.3 is 0 Å². The third kappa shape index (κ3) is 4.12. The van der Waals surface area contributed by atoms with Crippen LogP contribution in [0.5, 0.6) is 0 Å². The quantitative estimate of drug-likeness (QED) is 0.541. The lowest BCUT2D eigenvalue weighted by Crippen LogP contribution is -2.27. The van der Waals surface area contributed by atoms with Gasteiger partial charge in [0.25, 0.3) is 5.91 Å². The number of tetrazole rings is 1. The van der Waals surface area contributed by atoms with E-state index in [1.54, 1.807) is 30.0 Å². The van der Waals surface area contributed by atoms with Crippen molar-refractivity contribution in [2.45, 2.75) is 4.90 Å². The molecule has 6 nitrogen and oxygen atoms in total. The van der Waals surface area contributed by atoms with E-state index in [2.05, 4.69) is 20.8 Å². The average molecular weight is 360 g/mol. The largest absolute Gasteiger partial charge is 0.351 e. The van der Waals surface area contributed by atoms with Crippen molar-refractivity contribution in [3.63, 3.8) is 0 Å². The van der Waals surface area contributed by atoms with E-state index in [9.17, 15) is 4.79 Å². The highest BCUT2D eigenvalue weighted by Crippen LogP contribution is 2.19. The molecule has 0 atom stereocenters. The second kappa shape index (κ2) is 7.94. The van der Waals surface area contributed by atoms with Gasteiger partial charge in [0.05, 0.1) is 11.3 Å². The van der Waals surface area contributed by atoms with Crippen LogP contribution in [0.1, 0.15) is 10.4 Å². The molecule has 0 radical (unpaired) electrons. The maximum atomic E-state index is 12.5. The Morgan fingerprint density at radius 3 is 2.79 bits per heavy atom. The predicted octanol–water partition coefficient (Wildman–Crippen LogP) is 2.84. The molecule has 0 unspecified atom stereocenters. The van der Waals surface area contributed by atoms with Crippen molar-refractivity contribution < 1.29 is 4.79 Å². The van der Waals surface area contributed by atoms with Crippen LogP contribution >= 0.6 is 23.4 Å². The molecule has 122 valence electrons. The summed E-state index contributed by atoms with van der Waals surface area (Å²) in [5.41, 5.74) is 1.01. The third-order valence-corrected chi connectivity index (χ3v) is 4.45. The minimum absolute atomic E-state index is 0.211. The monoisotopic (exact) mass is 359 g/mol. The molecule has 0 aliphatic rings. The standard InChI is InChI=1S/C16H14ClN5OS/c17-12-6-7-15(22-11-19-20-21-22)14(10-12)16(23)18-8-9-24-13-4-2-1-3-5-13/h1-7,10-11H,8-9H2,(H,18,23). The Labute approximate surface area is 148 Å². The summed E-state index contributed by atoms with van der Waals surface area (Å²) in [5, 5.41) is 14.4. The van der Waals surface area contributed by atoms with Crippen LogP contribution in [0.25, 0.3) is 5.69 Å². The third-order valence-electron chi connectivity index (χ3n) is 3.20. The molecule has 1 N–H and O–H groups in total.